The summed E-state index contributed by atoms with van der Waals surface area (Å²) in [5.41, 5.74) is 0.898. The zero-order valence-electron chi connectivity index (χ0n) is 8.77. The second-order valence-electron chi connectivity index (χ2n) is 3.97. The van der Waals surface area contributed by atoms with E-state index >= 15 is 0 Å². The van der Waals surface area contributed by atoms with E-state index in [0.717, 1.165) is 44.6 Å². The molecule has 1 aliphatic heterocycles. The molecule has 0 saturated carbocycles. The summed E-state index contributed by atoms with van der Waals surface area (Å²) in [7, 11) is 2.15. The number of rotatable bonds is 4. The van der Waals surface area contributed by atoms with Crippen LogP contribution >= 0.6 is 0 Å². The fourth-order valence-electron chi connectivity index (χ4n) is 1.83. The van der Waals surface area contributed by atoms with E-state index in [1.54, 1.807) is 0 Å². The monoisotopic (exact) mass is 183 g/mol. The highest BCUT2D eigenvalue weighted by Gasteiger charge is 2.16. The van der Waals surface area contributed by atoms with Gasteiger partial charge in [-0.25, -0.2) is 0 Å². The van der Waals surface area contributed by atoms with Crippen molar-refractivity contribution in [2.75, 3.05) is 26.7 Å². The van der Waals surface area contributed by atoms with Gasteiger partial charge in [0.25, 0.3) is 0 Å². The van der Waals surface area contributed by atoms with Gasteiger partial charge < -0.3 is 15.6 Å². The van der Waals surface area contributed by atoms with Crippen molar-refractivity contribution in [3.63, 3.8) is 0 Å². The molecule has 13 heavy (non-hydrogen) atoms. The first-order chi connectivity index (χ1) is 6.22. The van der Waals surface area contributed by atoms with Crippen molar-refractivity contribution in [2.45, 2.75) is 32.2 Å². The molecule has 0 aromatic carbocycles. The molecular weight excluding hydrogens is 162 g/mol. The molecule has 1 unspecified atom stereocenters. The Morgan fingerprint density at radius 1 is 1.62 bits per heavy atom. The van der Waals surface area contributed by atoms with Crippen molar-refractivity contribution in [3.8, 4) is 0 Å². The number of likely N-dealkylation sites (N-methyl/N-ethyl adjacent to an activating group) is 1. The highest BCUT2D eigenvalue weighted by atomic mass is 15.2. The van der Waals surface area contributed by atoms with Gasteiger partial charge in [-0.05, 0) is 13.5 Å². The van der Waals surface area contributed by atoms with Gasteiger partial charge in [-0.15, -0.1) is 0 Å². The van der Waals surface area contributed by atoms with Gasteiger partial charge in [0.1, 0.15) is 0 Å². The standard InChI is InChI=1S/C10H21N3/c1-3-4-9(11)7-10-8-13(2)6-5-12-10/h10-12H,3-8H2,1-2H3. The Morgan fingerprint density at radius 3 is 3.00 bits per heavy atom. The van der Waals surface area contributed by atoms with E-state index in [4.69, 9.17) is 5.41 Å². The van der Waals surface area contributed by atoms with Gasteiger partial charge in [0.15, 0.2) is 0 Å². The zero-order chi connectivity index (χ0) is 9.68. The summed E-state index contributed by atoms with van der Waals surface area (Å²) >= 11 is 0. The molecule has 0 aromatic heterocycles. The minimum Gasteiger partial charge on any atom is -0.311 e. The van der Waals surface area contributed by atoms with Crippen molar-refractivity contribution < 1.29 is 0 Å². The number of nitrogens with zero attached hydrogens (tertiary/aromatic N) is 1. The Hall–Kier alpha value is -0.410. The van der Waals surface area contributed by atoms with E-state index < -0.39 is 0 Å². The van der Waals surface area contributed by atoms with Crippen LogP contribution in [-0.2, 0) is 0 Å². The van der Waals surface area contributed by atoms with Crippen molar-refractivity contribution in [2.24, 2.45) is 0 Å². The zero-order valence-corrected chi connectivity index (χ0v) is 8.77. The normalized spacial score (nSPS) is 24.6. The van der Waals surface area contributed by atoms with Crippen molar-refractivity contribution >= 4 is 5.71 Å². The van der Waals surface area contributed by atoms with Crippen LogP contribution in [0, 0.1) is 5.41 Å². The third-order valence-corrected chi connectivity index (χ3v) is 2.50. The third kappa shape index (κ3) is 3.87. The van der Waals surface area contributed by atoms with Crippen LogP contribution in [0.5, 0.6) is 0 Å². The molecule has 0 aliphatic carbocycles. The largest absolute Gasteiger partial charge is 0.311 e. The number of nitrogens with one attached hydrogen (secondary N) is 2. The quantitative estimate of drug-likeness (QED) is 0.641. The number of hydrogen-bond acceptors (Lipinski definition) is 3. The summed E-state index contributed by atoms with van der Waals surface area (Å²) in [5.74, 6) is 0. The van der Waals surface area contributed by atoms with Gasteiger partial charge in [0.05, 0.1) is 0 Å². The SMILES string of the molecule is CCCC(=N)CC1CN(C)CCN1. The highest BCUT2D eigenvalue weighted by molar-refractivity contribution is 5.81. The predicted octanol–water partition coefficient (Wildman–Crippen LogP) is 1.10. The Morgan fingerprint density at radius 2 is 2.38 bits per heavy atom. The van der Waals surface area contributed by atoms with Crippen LogP contribution in [0.3, 0.4) is 0 Å². The summed E-state index contributed by atoms with van der Waals surface area (Å²) in [6.07, 6.45) is 2.99. The highest BCUT2D eigenvalue weighted by Crippen LogP contribution is 2.04. The molecule has 3 nitrogen and oxygen atoms in total. The van der Waals surface area contributed by atoms with Gasteiger partial charge in [-0.1, -0.05) is 13.3 Å². The molecule has 1 atom stereocenters. The molecule has 2 N–H and O–H groups in total. The smallest absolute Gasteiger partial charge is 0.0247 e. The van der Waals surface area contributed by atoms with Gasteiger partial charge in [-0.3, -0.25) is 0 Å². The van der Waals surface area contributed by atoms with Gasteiger partial charge >= 0.3 is 0 Å². The third-order valence-electron chi connectivity index (χ3n) is 2.50. The lowest BCUT2D eigenvalue weighted by Crippen LogP contribution is -2.49. The molecule has 1 aliphatic rings. The first-order valence-electron chi connectivity index (χ1n) is 5.20. The summed E-state index contributed by atoms with van der Waals surface area (Å²) < 4.78 is 0. The number of piperazine rings is 1. The molecule has 0 spiro atoms. The van der Waals surface area contributed by atoms with E-state index in [0.29, 0.717) is 6.04 Å². The average molecular weight is 183 g/mol. The molecular formula is C10H21N3. The molecule has 0 bridgehead atoms. The lowest BCUT2D eigenvalue weighted by molar-refractivity contribution is 0.241. The van der Waals surface area contributed by atoms with Crippen LogP contribution in [-0.4, -0.2) is 43.3 Å². The maximum Gasteiger partial charge on any atom is 0.0247 e. The van der Waals surface area contributed by atoms with E-state index in [-0.39, 0.29) is 0 Å². The van der Waals surface area contributed by atoms with Crippen LogP contribution in [0.25, 0.3) is 0 Å². The second kappa shape index (κ2) is 5.35. The fourth-order valence-corrected chi connectivity index (χ4v) is 1.83. The van der Waals surface area contributed by atoms with Gasteiger partial charge in [0, 0.05) is 37.8 Å². The maximum atomic E-state index is 7.73. The second-order valence-corrected chi connectivity index (χ2v) is 3.97. The predicted molar refractivity (Wildman–Crippen MR) is 56.5 cm³/mol. The van der Waals surface area contributed by atoms with Gasteiger partial charge in [-0.2, -0.15) is 0 Å². The Labute approximate surface area is 81.0 Å². The van der Waals surface area contributed by atoms with Gasteiger partial charge in [0.2, 0.25) is 0 Å². The number of hydrogen-bond donors (Lipinski definition) is 2. The molecule has 0 radical (unpaired) electrons. The topological polar surface area (TPSA) is 39.1 Å². The molecule has 1 saturated heterocycles. The average Bonchev–Trinajstić information content (AvgIpc) is 2.04. The minimum absolute atomic E-state index is 0.512. The van der Waals surface area contributed by atoms with Crippen LogP contribution in [0.1, 0.15) is 26.2 Å². The lowest BCUT2D eigenvalue weighted by atomic mass is 10.0. The Bertz CT molecular complexity index is 168. The first kappa shape index (κ1) is 10.7. The van der Waals surface area contributed by atoms with Crippen molar-refractivity contribution in [3.05, 3.63) is 0 Å². The molecule has 1 rings (SSSR count). The van der Waals surface area contributed by atoms with Crippen LogP contribution in [0.2, 0.25) is 0 Å². The lowest BCUT2D eigenvalue weighted by Gasteiger charge is -2.31. The van der Waals surface area contributed by atoms with Crippen LogP contribution < -0.4 is 5.32 Å². The van der Waals surface area contributed by atoms with E-state index in [1.807, 2.05) is 0 Å². The molecule has 3 heteroatoms. The summed E-state index contributed by atoms with van der Waals surface area (Å²) in [6, 6.07) is 0.512. The first-order valence-corrected chi connectivity index (χ1v) is 5.20. The summed E-state index contributed by atoms with van der Waals surface area (Å²) in [6.45, 7) is 5.43. The van der Waals surface area contributed by atoms with E-state index in [2.05, 4.69) is 24.2 Å². The molecule has 0 aromatic rings. The van der Waals surface area contributed by atoms with Crippen LogP contribution in [0.15, 0.2) is 0 Å². The van der Waals surface area contributed by atoms with Crippen LogP contribution in [0.4, 0.5) is 0 Å². The Balaban J connectivity index is 2.23. The minimum atomic E-state index is 0.512. The summed E-state index contributed by atoms with van der Waals surface area (Å²) in [4.78, 5) is 2.33. The molecule has 0 amide bonds. The maximum absolute atomic E-state index is 7.73. The molecule has 1 fully saturated rings. The fraction of sp³-hybridized carbons (Fsp3) is 0.900. The van der Waals surface area contributed by atoms with Crippen molar-refractivity contribution in [1.29, 1.82) is 5.41 Å². The van der Waals surface area contributed by atoms with E-state index in [9.17, 15) is 0 Å². The van der Waals surface area contributed by atoms with Crippen molar-refractivity contribution in [1.82, 2.24) is 10.2 Å². The molecule has 1 heterocycles. The molecule has 76 valence electrons. The summed E-state index contributed by atoms with van der Waals surface area (Å²) in [5, 5.41) is 11.2. The Kier molecular flexibility index (Phi) is 4.39. The van der Waals surface area contributed by atoms with E-state index in [1.165, 1.54) is 0 Å².